The molecule has 1 N–H and O–H groups in total. The van der Waals surface area contributed by atoms with Gasteiger partial charge in [0.1, 0.15) is 0 Å². The van der Waals surface area contributed by atoms with E-state index in [0.29, 0.717) is 6.04 Å². The predicted molar refractivity (Wildman–Crippen MR) is 79.3 cm³/mol. The fraction of sp³-hybridized carbons (Fsp3) is 0.412. The summed E-state index contributed by atoms with van der Waals surface area (Å²) in [7, 11) is 0. The first-order chi connectivity index (χ1) is 9.36. The molecule has 2 nitrogen and oxygen atoms in total. The van der Waals surface area contributed by atoms with E-state index in [4.69, 9.17) is 0 Å². The summed E-state index contributed by atoms with van der Waals surface area (Å²) in [6.45, 7) is 4.54. The Hall–Kier alpha value is -1.54. The Morgan fingerprint density at radius 2 is 2.16 bits per heavy atom. The van der Waals surface area contributed by atoms with Crippen molar-refractivity contribution >= 4 is 10.9 Å². The Labute approximate surface area is 114 Å². The average molecular weight is 252 g/mol. The van der Waals surface area contributed by atoms with Crippen LogP contribution in [0.1, 0.15) is 37.1 Å². The zero-order valence-electron chi connectivity index (χ0n) is 11.4. The Morgan fingerprint density at radius 3 is 3.05 bits per heavy atom. The number of nitrogens with zero attached hydrogens (tertiary/aromatic N) is 1. The highest BCUT2D eigenvalue weighted by atomic mass is 15.2. The van der Waals surface area contributed by atoms with Crippen LogP contribution in [0.15, 0.2) is 35.9 Å². The van der Waals surface area contributed by atoms with Crippen molar-refractivity contribution in [1.29, 1.82) is 0 Å². The maximum absolute atomic E-state index is 3.69. The molecule has 4 rings (SSSR count). The molecule has 1 atom stereocenters. The van der Waals surface area contributed by atoms with Crippen LogP contribution in [0, 0.1) is 0 Å². The summed E-state index contributed by atoms with van der Waals surface area (Å²) in [6.07, 6.45) is 6.01. The van der Waals surface area contributed by atoms with Crippen molar-refractivity contribution in [3.05, 3.63) is 47.2 Å². The van der Waals surface area contributed by atoms with Crippen molar-refractivity contribution in [1.82, 2.24) is 9.88 Å². The molecule has 1 unspecified atom stereocenters. The molecule has 1 aromatic heterocycles. The average Bonchev–Trinajstić information content (AvgIpc) is 2.85. The first kappa shape index (κ1) is 11.3. The van der Waals surface area contributed by atoms with E-state index >= 15 is 0 Å². The van der Waals surface area contributed by atoms with Gasteiger partial charge in [-0.1, -0.05) is 29.8 Å². The molecule has 1 fully saturated rings. The van der Waals surface area contributed by atoms with Gasteiger partial charge in [0.25, 0.3) is 0 Å². The summed E-state index contributed by atoms with van der Waals surface area (Å²) < 4.78 is 0. The summed E-state index contributed by atoms with van der Waals surface area (Å²) >= 11 is 0. The SMILES string of the molecule is C/C=C1/CCC2c3[nH]c4ccccc4c3CCN2C1. The van der Waals surface area contributed by atoms with Crippen LogP contribution < -0.4 is 0 Å². The topological polar surface area (TPSA) is 19.0 Å². The predicted octanol–water partition coefficient (Wildman–Crippen LogP) is 3.81. The molecular weight excluding hydrogens is 232 g/mol. The second-order valence-corrected chi connectivity index (χ2v) is 5.78. The lowest BCUT2D eigenvalue weighted by molar-refractivity contribution is 0.165. The molecule has 19 heavy (non-hydrogen) atoms. The highest BCUT2D eigenvalue weighted by Crippen LogP contribution is 2.40. The van der Waals surface area contributed by atoms with Crippen molar-refractivity contribution in [3.8, 4) is 0 Å². The van der Waals surface area contributed by atoms with Crippen molar-refractivity contribution < 1.29 is 0 Å². The van der Waals surface area contributed by atoms with Gasteiger partial charge in [-0.25, -0.2) is 0 Å². The number of H-pyrrole nitrogens is 1. The van der Waals surface area contributed by atoms with Crippen LogP contribution in [0.4, 0.5) is 0 Å². The summed E-state index contributed by atoms with van der Waals surface area (Å²) in [6, 6.07) is 9.36. The van der Waals surface area contributed by atoms with Crippen molar-refractivity contribution in [3.63, 3.8) is 0 Å². The van der Waals surface area contributed by atoms with Gasteiger partial charge in [0.2, 0.25) is 0 Å². The van der Waals surface area contributed by atoms with E-state index in [0.717, 1.165) is 6.54 Å². The fourth-order valence-electron chi connectivity index (χ4n) is 3.78. The molecule has 98 valence electrons. The van der Waals surface area contributed by atoms with E-state index in [1.165, 1.54) is 42.4 Å². The van der Waals surface area contributed by atoms with Crippen LogP contribution in [0.5, 0.6) is 0 Å². The van der Waals surface area contributed by atoms with Crippen LogP contribution >= 0.6 is 0 Å². The number of fused-ring (bicyclic) bond motifs is 5. The standard InChI is InChI=1S/C17H20N2/c1-2-12-7-8-16-17-14(9-10-19(16)11-12)13-5-3-4-6-15(13)18-17/h2-6,16,18H,7-11H2,1H3/b12-2-. The van der Waals surface area contributed by atoms with Crippen LogP contribution in [-0.2, 0) is 6.42 Å². The largest absolute Gasteiger partial charge is 0.357 e. The molecule has 0 radical (unpaired) electrons. The first-order valence-corrected chi connectivity index (χ1v) is 7.34. The minimum Gasteiger partial charge on any atom is -0.357 e. The van der Waals surface area contributed by atoms with E-state index in [1.807, 2.05) is 0 Å². The van der Waals surface area contributed by atoms with E-state index in [2.05, 4.69) is 47.1 Å². The molecule has 0 spiro atoms. The molecule has 2 heteroatoms. The normalized spacial score (nSPS) is 25.5. The molecule has 0 bridgehead atoms. The van der Waals surface area contributed by atoms with Gasteiger partial charge in [-0.15, -0.1) is 0 Å². The molecule has 1 aromatic carbocycles. The second-order valence-electron chi connectivity index (χ2n) is 5.78. The zero-order chi connectivity index (χ0) is 12.8. The monoisotopic (exact) mass is 252 g/mol. The molecule has 2 aliphatic rings. The molecule has 0 saturated carbocycles. The Balaban J connectivity index is 1.79. The molecule has 0 amide bonds. The Morgan fingerprint density at radius 1 is 1.26 bits per heavy atom. The molecule has 0 aliphatic carbocycles. The van der Waals surface area contributed by atoms with Gasteiger partial charge < -0.3 is 4.98 Å². The molecule has 3 heterocycles. The van der Waals surface area contributed by atoms with Crippen molar-refractivity contribution in [2.24, 2.45) is 0 Å². The lowest BCUT2D eigenvalue weighted by Crippen LogP contribution is -2.39. The van der Waals surface area contributed by atoms with E-state index in [-0.39, 0.29) is 0 Å². The quantitative estimate of drug-likeness (QED) is 0.706. The molecule has 2 aromatic rings. The fourth-order valence-corrected chi connectivity index (χ4v) is 3.78. The van der Waals surface area contributed by atoms with Gasteiger partial charge in [-0.3, -0.25) is 4.90 Å². The number of rotatable bonds is 0. The zero-order valence-corrected chi connectivity index (χ0v) is 11.4. The van der Waals surface area contributed by atoms with E-state index < -0.39 is 0 Å². The smallest absolute Gasteiger partial charge is 0.0508 e. The number of hydrogen-bond donors (Lipinski definition) is 1. The summed E-state index contributed by atoms with van der Waals surface area (Å²) in [5.74, 6) is 0. The van der Waals surface area contributed by atoms with E-state index in [1.54, 1.807) is 11.1 Å². The van der Waals surface area contributed by atoms with Gasteiger partial charge >= 0.3 is 0 Å². The third kappa shape index (κ3) is 1.67. The highest BCUT2D eigenvalue weighted by molar-refractivity contribution is 5.85. The number of benzene rings is 1. The van der Waals surface area contributed by atoms with Gasteiger partial charge in [0, 0.05) is 29.7 Å². The van der Waals surface area contributed by atoms with Crippen molar-refractivity contribution in [2.45, 2.75) is 32.2 Å². The minimum absolute atomic E-state index is 0.611. The number of allylic oxidation sites excluding steroid dienone is 1. The molecular formula is C17H20N2. The minimum atomic E-state index is 0.611. The lowest BCUT2D eigenvalue weighted by Gasteiger charge is -2.40. The molecule has 1 saturated heterocycles. The summed E-state index contributed by atoms with van der Waals surface area (Å²) in [4.78, 5) is 6.34. The maximum atomic E-state index is 3.69. The third-order valence-electron chi connectivity index (χ3n) is 4.82. The van der Waals surface area contributed by atoms with Crippen molar-refractivity contribution in [2.75, 3.05) is 13.1 Å². The third-order valence-corrected chi connectivity index (χ3v) is 4.82. The summed E-state index contributed by atoms with van der Waals surface area (Å²) in [5, 5.41) is 1.44. The number of aromatic amines is 1. The Bertz CT molecular complexity index is 650. The number of aromatic nitrogens is 1. The van der Waals surface area contributed by atoms with Gasteiger partial charge in [0.15, 0.2) is 0 Å². The van der Waals surface area contributed by atoms with Gasteiger partial charge in [-0.05, 0) is 37.8 Å². The lowest BCUT2D eigenvalue weighted by atomic mass is 9.89. The van der Waals surface area contributed by atoms with Crippen LogP contribution in [-0.4, -0.2) is 23.0 Å². The van der Waals surface area contributed by atoms with Crippen LogP contribution in [0.2, 0.25) is 0 Å². The molecule has 2 aliphatic heterocycles. The van der Waals surface area contributed by atoms with Crippen LogP contribution in [0.3, 0.4) is 0 Å². The second kappa shape index (κ2) is 4.24. The number of para-hydroxylation sites is 1. The first-order valence-electron chi connectivity index (χ1n) is 7.34. The summed E-state index contributed by atoms with van der Waals surface area (Å²) in [5.41, 5.74) is 5.98. The number of piperidine rings is 1. The van der Waals surface area contributed by atoms with Gasteiger partial charge in [0.05, 0.1) is 6.04 Å². The number of nitrogens with one attached hydrogen (secondary N) is 1. The van der Waals surface area contributed by atoms with E-state index in [9.17, 15) is 0 Å². The Kier molecular flexibility index (Phi) is 2.52. The number of hydrogen-bond acceptors (Lipinski definition) is 1. The maximum Gasteiger partial charge on any atom is 0.0508 e. The van der Waals surface area contributed by atoms with Crippen LogP contribution in [0.25, 0.3) is 10.9 Å². The highest BCUT2D eigenvalue weighted by Gasteiger charge is 2.32. The van der Waals surface area contributed by atoms with Gasteiger partial charge in [-0.2, -0.15) is 0 Å².